The Labute approximate surface area is 99.6 Å². The lowest BCUT2D eigenvalue weighted by Gasteiger charge is -2.10. The third-order valence-corrected chi connectivity index (χ3v) is 2.96. The second-order valence-corrected chi connectivity index (χ2v) is 4.09. The minimum Gasteiger partial charge on any atom is -0.369 e. The van der Waals surface area contributed by atoms with Crippen molar-refractivity contribution in [3.63, 3.8) is 0 Å². The summed E-state index contributed by atoms with van der Waals surface area (Å²) in [6, 6.07) is 3.41. The predicted molar refractivity (Wildman–Crippen MR) is 59.1 cm³/mol. The molecule has 7 heteroatoms. The van der Waals surface area contributed by atoms with E-state index in [2.05, 4.69) is 10.3 Å². The van der Waals surface area contributed by atoms with Crippen LogP contribution in [-0.4, -0.2) is 16.1 Å². The summed E-state index contributed by atoms with van der Waals surface area (Å²) in [6.07, 6.45) is -4.39. The first kappa shape index (κ1) is 11.1. The molecule has 2 aromatic rings. The summed E-state index contributed by atoms with van der Waals surface area (Å²) in [5.74, 6) is 0.665. The van der Waals surface area contributed by atoms with Crippen LogP contribution in [0, 0.1) is 5.41 Å². The quantitative estimate of drug-likeness (QED) is 0.755. The molecule has 0 unspecified atom stereocenters. The first-order valence-electron chi connectivity index (χ1n) is 5.37. The van der Waals surface area contributed by atoms with Crippen LogP contribution < -0.4 is 10.9 Å². The highest BCUT2D eigenvalue weighted by Crippen LogP contribution is 2.32. The molecule has 1 aromatic heterocycles. The van der Waals surface area contributed by atoms with Crippen molar-refractivity contribution in [1.29, 1.82) is 5.41 Å². The fourth-order valence-electron chi connectivity index (χ4n) is 2.12. The predicted octanol–water partition coefficient (Wildman–Crippen LogP) is 1.96. The number of alkyl halides is 3. The highest BCUT2D eigenvalue weighted by Gasteiger charge is 2.31. The molecule has 0 saturated heterocycles. The minimum absolute atomic E-state index is 0.0261. The molecule has 0 fully saturated rings. The Hall–Kier alpha value is -2.05. The number of rotatable bonds is 0. The number of hydrogen-bond donors (Lipinski definition) is 2. The number of halogens is 3. The summed E-state index contributed by atoms with van der Waals surface area (Å²) in [7, 11) is 0. The zero-order valence-corrected chi connectivity index (χ0v) is 9.17. The number of anilines is 1. The van der Waals surface area contributed by atoms with E-state index in [1.54, 1.807) is 4.57 Å². The van der Waals surface area contributed by atoms with Gasteiger partial charge in [0.15, 0.2) is 0 Å². The largest absolute Gasteiger partial charge is 0.416 e. The highest BCUT2D eigenvalue weighted by atomic mass is 19.4. The van der Waals surface area contributed by atoms with E-state index in [1.807, 2.05) is 0 Å². The molecule has 1 aliphatic rings. The fraction of sp³-hybridized carbons (Fsp3) is 0.273. The molecule has 0 aliphatic carbocycles. The Bertz CT molecular complexity index is 687. The van der Waals surface area contributed by atoms with Crippen LogP contribution in [0.4, 0.5) is 19.0 Å². The second kappa shape index (κ2) is 3.47. The number of nitrogens with one attached hydrogen (secondary N) is 2. The molecular formula is C11H9F3N4. The van der Waals surface area contributed by atoms with E-state index >= 15 is 0 Å². The molecule has 2 N–H and O–H groups in total. The zero-order valence-electron chi connectivity index (χ0n) is 9.17. The van der Waals surface area contributed by atoms with Gasteiger partial charge in [-0.15, -0.1) is 0 Å². The second-order valence-electron chi connectivity index (χ2n) is 4.09. The van der Waals surface area contributed by atoms with Crippen LogP contribution in [-0.2, 0) is 12.7 Å². The van der Waals surface area contributed by atoms with Crippen LogP contribution in [0.5, 0.6) is 0 Å². The molecule has 0 atom stereocenters. The van der Waals surface area contributed by atoms with E-state index in [0.717, 1.165) is 12.1 Å². The van der Waals surface area contributed by atoms with Gasteiger partial charge in [-0.25, -0.2) is 4.98 Å². The van der Waals surface area contributed by atoms with Crippen LogP contribution in [0.2, 0.25) is 0 Å². The molecule has 94 valence electrons. The standard InChI is InChI=1S/C11H9F3N4/c12-11(13,14)6-1-2-7-8(5-6)17-10(15)18-4-3-16-9(7)18/h1-2,5,15-16H,3-4H2. The molecule has 2 heterocycles. The topological polar surface area (TPSA) is 53.7 Å². The van der Waals surface area contributed by atoms with E-state index in [9.17, 15) is 13.2 Å². The summed E-state index contributed by atoms with van der Waals surface area (Å²) < 4.78 is 39.4. The smallest absolute Gasteiger partial charge is 0.369 e. The molecule has 0 amide bonds. The molecular weight excluding hydrogens is 245 g/mol. The number of nitrogens with zero attached hydrogens (tertiary/aromatic N) is 2. The maximum Gasteiger partial charge on any atom is 0.416 e. The molecule has 1 aliphatic heterocycles. The average Bonchev–Trinajstić information content (AvgIpc) is 2.77. The molecule has 3 rings (SSSR count). The molecule has 4 nitrogen and oxygen atoms in total. The summed E-state index contributed by atoms with van der Waals surface area (Å²) >= 11 is 0. The molecule has 0 saturated carbocycles. The first-order valence-corrected chi connectivity index (χ1v) is 5.37. The lowest BCUT2D eigenvalue weighted by Crippen LogP contribution is -2.21. The highest BCUT2D eigenvalue weighted by molar-refractivity contribution is 5.90. The fourth-order valence-corrected chi connectivity index (χ4v) is 2.12. The van der Waals surface area contributed by atoms with Gasteiger partial charge in [0.2, 0.25) is 5.62 Å². The van der Waals surface area contributed by atoms with Crippen LogP contribution in [0.25, 0.3) is 10.9 Å². The Balaban J connectivity index is 2.32. The molecule has 0 bridgehead atoms. The summed E-state index contributed by atoms with van der Waals surface area (Å²) in [5, 5.41) is 11.4. The SMILES string of the molecule is N=c1nc2cc(C(F)(F)F)ccc2c2n1CCN2. The van der Waals surface area contributed by atoms with E-state index < -0.39 is 11.7 Å². The molecule has 1 aromatic carbocycles. The molecule has 0 spiro atoms. The summed E-state index contributed by atoms with van der Waals surface area (Å²) in [6.45, 7) is 1.27. The number of aromatic nitrogens is 2. The molecule has 0 radical (unpaired) electrons. The van der Waals surface area contributed by atoms with Gasteiger partial charge in [0.1, 0.15) is 5.82 Å². The number of benzene rings is 1. The summed E-state index contributed by atoms with van der Waals surface area (Å²) in [5.41, 5.74) is -0.581. The Kier molecular flexibility index (Phi) is 2.13. The van der Waals surface area contributed by atoms with Gasteiger partial charge in [0.25, 0.3) is 0 Å². The van der Waals surface area contributed by atoms with Gasteiger partial charge in [-0.2, -0.15) is 13.2 Å². The van der Waals surface area contributed by atoms with Gasteiger partial charge in [-0.05, 0) is 18.2 Å². The van der Waals surface area contributed by atoms with Crippen molar-refractivity contribution in [2.45, 2.75) is 12.7 Å². The third kappa shape index (κ3) is 1.54. The van der Waals surface area contributed by atoms with Crippen molar-refractivity contribution in [1.82, 2.24) is 9.55 Å². The van der Waals surface area contributed by atoms with Crippen LogP contribution in [0.1, 0.15) is 5.56 Å². The van der Waals surface area contributed by atoms with Crippen molar-refractivity contribution in [3.8, 4) is 0 Å². The van der Waals surface area contributed by atoms with Gasteiger partial charge < -0.3 is 5.32 Å². The Morgan fingerprint density at radius 1 is 1.33 bits per heavy atom. The van der Waals surface area contributed by atoms with Gasteiger partial charge in [-0.1, -0.05) is 0 Å². The Morgan fingerprint density at radius 2 is 2.11 bits per heavy atom. The van der Waals surface area contributed by atoms with Crippen molar-refractivity contribution in [3.05, 3.63) is 29.4 Å². The number of hydrogen-bond acceptors (Lipinski definition) is 3. The lowest BCUT2D eigenvalue weighted by molar-refractivity contribution is -0.137. The van der Waals surface area contributed by atoms with Crippen molar-refractivity contribution in [2.75, 3.05) is 11.9 Å². The van der Waals surface area contributed by atoms with E-state index in [1.165, 1.54) is 6.07 Å². The minimum atomic E-state index is -4.39. The van der Waals surface area contributed by atoms with Gasteiger partial charge >= 0.3 is 6.18 Å². The molecule has 18 heavy (non-hydrogen) atoms. The van der Waals surface area contributed by atoms with Gasteiger partial charge in [-0.3, -0.25) is 9.98 Å². The van der Waals surface area contributed by atoms with E-state index in [-0.39, 0.29) is 11.1 Å². The van der Waals surface area contributed by atoms with E-state index in [0.29, 0.717) is 24.3 Å². The van der Waals surface area contributed by atoms with Gasteiger partial charge in [0, 0.05) is 18.5 Å². The maximum atomic E-state index is 12.6. The van der Waals surface area contributed by atoms with Crippen LogP contribution in [0.3, 0.4) is 0 Å². The van der Waals surface area contributed by atoms with Crippen molar-refractivity contribution < 1.29 is 13.2 Å². The van der Waals surface area contributed by atoms with Crippen LogP contribution >= 0.6 is 0 Å². The maximum absolute atomic E-state index is 12.6. The van der Waals surface area contributed by atoms with Crippen LogP contribution in [0.15, 0.2) is 18.2 Å². The van der Waals surface area contributed by atoms with E-state index in [4.69, 9.17) is 5.41 Å². The average molecular weight is 254 g/mol. The summed E-state index contributed by atoms with van der Waals surface area (Å²) in [4.78, 5) is 3.91. The van der Waals surface area contributed by atoms with Crippen molar-refractivity contribution >= 4 is 16.7 Å². The normalized spacial score (nSPS) is 14.6. The third-order valence-electron chi connectivity index (χ3n) is 2.96. The lowest BCUT2D eigenvalue weighted by atomic mass is 10.1. The number of fused-ring (bicyclic) bond motifs is 3. The Morgan fingerprint density at radius 3 is 2.83 bits per heavy atom. The first-order chi connectivity index (χ1) is 8.47. The van der Waals surface area contributed by atoms with Crippen molar-refractivity contribution in [2.24, 2.45) is 0 Å². The van der Waals surface area contributed by atoms with Gasteiger partial charge in [0.05, 0.1) is 11.1 Å². The monoisotopic (exact) mass is 254 g/mol. The zero-order chi connectivity index (χ0) is 12.9.